The summed E-state index contributed by atoms with van der Waals surface area (Å²) in [5.74, 6) is -0.966. The summed E-state index contributed by atoms with van der Waals surface area (Å²) in [5.41, 5.74) is 0. The molecule has 0 aromatic rings. The Morgan fingerprint density at radius 1 is 0.323 bits per heavy atom. The van der Waals surface area contributed by atoms with Crippen LogP contribution in [0.25, 0.3) is 0 Å². The van der Waals surface area contributed by atoms with Crippen molar-refractivity contribution < 1.29 is 28.6 Å². The molecule has 0 aliphatic carbocycles. The van der Waals surface area contributed by atoms with Crippen LogP contribution in [0.15, 0.2) is 85.1 Å². The van der Waals surface area contributed by atoms with Gasteiger partial charge in [0.1, 0.15) is 13.2 Å². The molecule has 0 spiro atoms. The average Bonchev–Trinajstić information content (AvgIpc) is 3.30. The van der Waals surface area contributed by atoms with Crippen LogP contribution in [-0.4, -0.2) is 37.2 Å². The quantitative estimate of drug-likeness (QED) is 0.0262. The summed E-state index contributed by atoms with van der Waals surface area (Å²) in [6.45, 7) is 6.45. The molecule has 0 aromatic carbocycles. The lowest BCUT2D eigenvalue weighted by Gasteiger charge is -2.18. The third kappa shape index (κ3) is 51.4. The molecular weight excluding hydrogens is 805 g/mol. The third-order valence-electron chi connectivity index (χ3n) is 11.4. The second kappa shape index (κ2) is 53.2. The van der Waals surface area contributed by atoms with Crippen molar-refractivity contribution in [1.82, 2.24) is 0 Å². The highest BCUT2D eigenvalue weighted by Gasteiger charge is 2.19. The largest absolute Gasteiger partial charge is 0.462 e. The van der Waals surface area contributed by atoms with Gasteiger partial charge in [0.15, 0.2) is 6.10 Å². The van der Waals surface area contributed by atoms with Crippen molar-refractivity contribution in [3.05, 3.63) is 85.1 Å². The van der Waals surface area contributed by atoms with Gasteiger partial charge in [-0.1, -0.05) is 209 Å². The zero-order valence-corrected chi connectivity index (χ0v) is 42.5. The van der Waals surface area contributed by atoms with Gasteiger partial charge < -0.3 is 14.2 Å². The van der Waals surface area contributed by atoms with Crippen LogP contribution < -0.4 is 0 Å². The number of ether oxygens (including phenoxy) is 3. The molecule has 0 aromatic heterocycles. The van der Waals surface area contributed by atoms with Crippen molar-refractivity contribution in [2.45, 2.75) is 258 Å². The number of allylic oxidation sites excluding steroid dienone is 14. The minimum atomic E-state index is -0.803. The van der Waals surface area contributed by atoms with Gasteiger partial charge >= 0.3 is 17.9 Å². The van der Waals surface area contributed by atoms with E-state index in [0.717, 1.165) is 77.0 Å². The maximum Gasteiger partial charge on any atom is 0.306 e. The Morgan fingerprint density at radius 3 is 1.02 bits per heavy atom. The lowest BCUT2D eigenvalue weighted by molar-refractivity contribution is -0.167. The van der Waals surface area contributed by atoms with Crippen LogP contribution in [0.5, 0.6) is 0 Å². The molecular formula is C59H100O6. The van der Waals surface area contributed by atoms with Gasteiger partial charge in [0.05, 0.1) is 0 Å². The molecule has 0 heterocycles. The van der Waals surface area contributed by atoms with Crippen molar-refractivity contribution in [3.63, 3.8) is 0 Å². The highest BCUT2D eigenvalue weighted by molar-refractivity contribution is 5.71. The second-order valence-electron chi connectivity index (χ2n) is 17.7. The van der Waals surface area contributed by atoms with Crippen molar-refractivity contribution >= 4 is 17.9 Å². The van der Waals surface area contributed by atoms with E-state index < -0.39 is 6.10 Å². The molecule has 6 heteroatoms. The van der Waals surface area contributed by atoms with Gasteiger partial charge in [-0.15, -0.1) is 0 Å². The standard InChI is InChI=1S/C59H100O6/c1-4-7-10-13-16-19-22-25-28-29-32-34-37-40-43-46-49-52-58(61)64-55-56(65-59(62)53-50-47-44-41-38-35-31-27-24-21-18-15-12-9-6-3)54-63-57(60)51-48-45-42-39-36-33-30-26-23-20-17-14-11-8-5-2/h7,10,16,19-21,23-25,28,32,34,40,43,56H,4-6,8-9,11-15,17-18,22,26-27,29-31,33,35-39,41-42,44-55H2,1-3H3/b10-7+,19-16+,23-20+,24-21+,28-25+,34-32+,43-40+/t56-/m1/s1. The van der Waals surface area contributed by atoms with E-state index in [-0.39, 0.29) is 37.5 Å². The monoisotopic (exact) mass is 905 g/mol. The number of hydrogen-bond donors (Lipinski definition) is 0. The molecule has 0 N–H and O–H groups in total. The van der Waals surface area contributed by atoms with E-state index in [1.807, 2.05) is 0 Å². The SMILES string of the molecule is CC/C=C/C/C=C/C/C=C/C/C=C/C/C=C/CCCC(=O)OC[C@@H](COC(=O)CCCCCCCCC/C=C/CCCCCC)OC(=O)CCCCCCCCC/C=C/CCCCCC. The van der Waals surface area contributed by atoms with Crippen molar-refractivity contribution in [1.29, 1.82) is 0 Å². The summed E-state index contributed by atoms with van der Waals surface area (Å²) in [4.78, 5) is 38.0. The number of carbonyl (C=O) groups excluding carboxylic acids is 3. The number of rotatable bonds is 48. The summed E-state index contributed by atoms with van der Waals surface area (Å²) in [6.07, 6.45) is 68.5. The Bertz CT molecular complexity index is 1270. The average molecular weight is 905 g/mol. The molecule has 0 bridgehead atoms. The Hall–Kier alpha value is -3.41. The van der Waals surface area contributed by atoms with Gasteiger partial charge in [0, 0.05) is 19.3 Å². The topological polar surface area (TPSA) is 78.9 Å². The molecule has 0 saturated heterocycles. The van der Waals surface area contributed by atoms with E-state index in [2.05, 4.69) is 106 Å². The second-order valence-corrected chi connectivity index (χ2v) is 17.7. The summed E-state index contributed by atoms with van der Waals surface area (Å²) in [7, 11) is 0. The van der Waals surface area contributed by atoms with Gasteiger partial charge in [-0.2, -0.15) is 0 Å². The fourth-order valence-electron chi connectivity index (χ4n) is 7.29. The number of hydrogen-bond acceptors (Lipinski definition) is 6. The van der Waals surface area contributed by atoms with E-state index in [1.165, 1.54) is 128 Å². The Balaban J connectivity index is 4.48. The van der Waals surface area contributed by atoms with Gasteiger partial charge in [0.2, 0.25) is 0 Å². The fourth-order valence-corrected chi connectivity index (χ4v) is 7.29. The molecule has 0 saturated carbocycles. The van der Waals surface area contributed by atoms with Crippen molar-refractivity contribution in [3.8, 4) is 0 Å². The molecule has 372 valence electrons. The van der Waals surface area contributed by atoms with E-state index in [0.29, 0.717) is 19.3 Å². The molecule has 0 amide bonds. The molecule has 0 rings (SSSR count). The Labute approximate surface area is 401 Å². The maximum atomic E-state index is 12.8. The molecule has 0 aliphatic heterocycles. The number of unbranched alkanes of at least 4 members (excludes halogenated alkanes) is 23. The summed E-state index contributed by atoms with van der Waals surface area (Å²) >= 11 is 0. The first-order valence-electron chi connectivity index (χ1n) is 27.1. The fraction of sp³-hybridized carbons (Fsp3) is 0.712. The van der Waals surface area contributed by atoms with Crippen molar-refractivity contribution in [2.75, 3.05) is 13.2 Å². The predicted molar refractivity (Wildman–Crippen MR) is 279 cm³/mol. The van der Waals surface area contributed by atoms with Crippen LogP contribution in [0.4, 0.5) is 0 Å². The van der Waals surface area contributed by atoms with Crippen LogP contribution in [0, 0.1) is 0 Å². The van der Waals surface area contributed by atoms with Crippen LogP contribution >= 0.6 is 0 Å². The molecule has 0 fully saturated rings. The lowest BCUT2D eigenvalue weighted by Crippen LogP contribution is -2.30. The minimum absolute atomic E-state index is 0.0981. The third-order valence-corrected chi connectivity index (χ3v) is 11.4. The number of carbonyl (C=O) groups is 3. The zero-order chi connectivity index (χ0) is 47.2. The summed E-state index contributed by atoms with van der Waals surface area (Å²) < 4.78 is 16.8. The van der Waals surface area contributed by atoms with E-state index in [4.69, 9.17) is 14.2 Å². The highest BCUT2D eigenvalue weighted by atomic mass is 16.6. The smallest absolute Gasteiger partial charge is 0.306 e. The van der Waals surface area contributed by atoms with Gasteiger partial charge in [-0.25, -0.2) is 0 Å². The summed E-state index contributed by atoms with van der Waals surface area (Å²) in [5, 5.41) is 0. The van der Waals surface area contributed by atoms with Gasteiger partial charge in [-0.3, -0.25) is 14.4 Å². The van der Waals surface area contributed by atoms with E-state index in [1.54, 1.807) is 0 Å². The molecule has 65 heavy (non-hydrogen) atoms. The van der Waals surface area contributed by atoms with Crippen LogP contribution in [0.1, 0.15) is 252 Å². The van der Waals surface area contributed by atoms with E-state index >= 15 is 0 Å². The first-order valence-corrected chi connectivity index (χ1v) is 27.1. The Kier molecular flexibility index (Phi) is 50.4. The van der Waals surface area contributed by atoms with Crippen LogP contribution in [-0.2, 0) is 28.6 Å². The van der Waals surface area contributed by atoms with Gasteiger partial charge in [-0.05, 0) is 109 Å². The van der Waals surface area contributed by atoms with Crippen LogP contribution in [0.2, 0.25) is 0 Å². The zero-order valence-electron chi connectivity index (χ0n) is 42.5. The van der Waals surface area contributed by atoms with E-state index in [9.17, 15) is 14.4 Å². The lowest BCUT2D eigenvalue weighted by atomic mass is 10.1. The molecule has 1 atom stereocenters. The normalized spacial score (nSPS) is 12.7. The van der Waals surface area contributed by atoms with Crippen LogP contribution in [0.3, 0.4) is 0 Å². The molecule has 0 aliphatic rings. The van der Waals surface area contributed by atoms with Gasteiger partial charge in [0.25, 0.3) is 0 Å². The predicted octanol–water partition coefficient (Wildman–Crippen LogP) is 18.0. The minimum Gasteiger partial charge on any atom is -0.462 e. The molecule has 6 nitrogen and oxygen atoms in total. The Morgan fingerprint density at radius 2 is 0.615 bits per heavy atom. The molecule has 0 unspecified atom stereocenters. The first kappa shape index (κ1) is 61.6. The highest BCUT2D eigenvalue weighted by Crippen LogP contribution is 2.14. The number of esters is 3. The summed E-state index contributed by atoms with van der Waals surface area (Å²) in [6, 6.07) is 0. The van der Waals surface area contributed by atoms with Crippen molar-refractivity contribution in [2.24, 2.45) is 0 Å². The maximum absolute atomic E-state index is 12.8. The first-order chi connectivity index (χ1) is 32.0. The molecule has 0 radical (unpaired) electrons.